The minimum absolute atomic E-state index is 0.0580. The number of aromatic nitrogens is 2. The summed E-state index contributed by atoms with van der Waals surface area (Å²) in [7, 11) is 0. The molecule has 0 spiro atoms. The predicted octanol–water partition coefficient (Wildman–Crippen LogP) is 4.19. The van der Waals surface area contributed by atoms with E-state index in [1.807, 2.05) is 30.6 Å². The van der Waals surface area contributed by atoms with Gasteiger partial charge in [0.2, 0.25) is 0 Å². The van der Waals surface area contributed by atoms with Gasteiger partial charge in [0.05, 0.1) is 11.2 Å². The maximum Gasteiger partial charge on any atom is 0.161 e. The van der Waals surface area contributed by atoms with Crippen LogP contribution < -0.4 is 5.32 Å². The molecule has 0 fully saturated rings. The lowest BCUT2D eigenvalue weighted by molar-refractivity contribution is -0.116. The highest BCUT2D eigenvalue weighted by Gasteiger charge is 2.35. The highest BCUT2D eigenvalue weighted by Crippen LogP contribution is 2.47. The van der Waals surface area contributed by atoms with Gasteiger partial charge in [-0.25, -0.2) is 0 Å². The van der Waals surface area contributed by atoms with Crippen molar-refractivity contribution < 1.29 is 4.79 Å². The van der Waals surface area contributed by atoms with Crippen molar-refractivity contribution in [3.63, 3.8) is 0 Å². The van der Waals surface area contributed by atoms with Gasteiger partial charge in [-0.2, -0.15) is 0 Å². The summed E-state index contributed by atoms with van der Waals surface area (Å²) in [5, 5.41) is 4.67. The molecule has 3 aromatic rings. The number of benzene rings is 1. The first-order chi connectivity index (χ1) is 12.3. The van der Waals surface area contributed by atoms with Crippen molar-refractivity contribution in [1.82, 2.24) is 9.97 Å². The van der Waals surface area contributed by atoms with Crippen LogP contribution in [-0.2, 0) is 4.79 Å². The predicted molar refractivity (Wildman–Crippen MR) is 97.3 cm³/mol. The molecule has 0 amide bonds. The molecule has 1 aliphatic heterocycles. The van der Waals surface area contributed by atoms with Crippen LogP contribution in [0.1, 0.15) is 36.3 Å². The monoisotopic (exact) mass is 327 g/mol. The van der Waals surface area contributed by atoms with Crippen molar-refractivity contribution >= 4 is 22.4 Å². The summed E-state index contributed by atoms with van der Waals surface area (Å²) in [6, 6.07) is 12.2. The Bertz CT molecular complexity index is 1020. The van der Waals surface area contributed by atoms with Crippen LogP contribution in [0.25, 0.3) is 10.9 Å². The Morgan fingerprint density at radius 3 is 2.84 bits per heavy atom. The highest BCUT2D eigenvalue weighted by molar-refractivity contribution is 6.04. The fraction of sp³-hybridized carbons (Fsp3) is 0.190. The molecule has 2 aromatic heterocycles. The van der Waals surface area contributed by atoms with Crippen LogP contribution in [0.3, 0.4) is 0 Å². The van der Waals surface area contributed by atoms with Crippen molar-refractivity contribution in [2.24, 2.45) is 0 Å². The van der Waals surface area contributed by atoms with Gasteiger partial charge in [-0.3, -0.25) is 14.8 Å². The topological polar surface area (TPSA) is 54.9 Å². The summed E-state index contributed by atoms with van der Waals surface area (Å²) in [4.78, 5) is 21.5. The van der Waals surface area contributed by atoms with Gasteiger partial charge in [0, 0.05) is 47.6 Å². The zero-order valence-corrected chi connectivity index (χ0v) is 13.7. The first-order valence-electron chi connectivity index (χ1n) is 8.64. The maximum absolute atomic E-state index is 12.8. The molecule has 0 saturated heterocycles. The summed E-state index contributed by atoms with van der Waals surface area (Å²) in [5.41, 5.74) is 6.21. The van der Waals surface area contributed by atoms with Crippen LogP contribution in [0.15, 0.2) is 66.3 Å². The standard InChI is InChI=1S/C21H17N3O/c25-18-7-1-6-17-20(18)19(13-4-2-10-22-12-13)15-8-9-16-14(21(15)24-17)5-3-11-23-16/h2-5,8-12,19,24H,1,6-7H2. The Hall–Kier alpha value is -3.01. The van der Waals surface area contributed by atoms with E-state index >= 15 is 0 Å². The number of Topliss-reactive ketones (excluding diaryl/α,β-unsaturated/α-hetero) is 1. The molecule has 0 bridgehead atoms. The molecule has 1 aromatic carbocycles. The minimum Gasteiger partial charge on any atom is -0.358 e. The van der Waals surface area contributed by atoms with Gasteiger partial charge in [0.25, 0.3) is 0 Å². The van der Waals surface area contributed by atoms with Crippen LogP contribution >= 0.6 is 0 Å². The number of rotatable bonds is 1. The lowest BCUT2D eigenvalue weighted by Gasteiger charge is -2.34. The molecule has 3 heterocycles. The van der Waals surface area contributed by atoms with Crippen molar-refractivity contribution in [1.29, 1.82) is 0 Å². The molecule has 0 saturated carbocycles. The number of hydrogen-bond donors (Lipinski definition) is 1. The number of pyridine rings is 2. The van der Waals surface area contributed by atoms with E-state index in [9.17, 15) is 4.79 Å². The third kappa shape index (κ3) is 2.18. The second-order valence-electron chi connectivity index (χ2n) is 6.61. The smallest absolute Gasteiger partial charge is 0.161 e. The molecule has 2 aliphatic rings. The van der Waals surface area contributed by atoms with E-state index in [4.69, 9.17) is 0 Å². The van der Waals surface area contributed by atoms with Crippen molar-refractivity contribution in [3.05, 3.63) is 77.4 Å². The van der Waals surface area contributed by atoms with Crippen LogP contribution in [-0.4, -0.2) is 15.8 Å². The number of fused-ring (bicyclic) bond motifs is 3. The van der Waals surface area contributed by atoms with E-state index in [0.29, 0.717) is 6.42 Å². The molecule has 122 valence electrons. The summed E-state index contributed by atoms with van der Waals surface area (Å²) in [6.45, 7) is 0. The number of hydrogen-bond acceptors (Lipinski definition) is 4. The van der Waals surface area contributed by atoms with Gasteiger partial charge < -0.3 is 5.32 Å². The third-order valence-corrected chi connectivity index (χ3v) is 5.17. The summed E-state index contributed by atoms with van der Waals surface area (Å²) >= 11 is 0. The molecule has 0 radical (unpaired) electrons. The average Bonchev–Trinajstić information content (AvgIpc) is 2.67. The number of carbonyl (C=O) groups excluding carboxylic acids is 1. The molecule has 4 heteroatoms. The van der Waals surface area contributed by atoms with Crippen molar-refractivity contribution in [2.45, 2.75) is 25.2 Å². The van der Waals surface area contributed by atoms with Crippen LogP contribution in [0.5, 0.6) is 0 Å². The maximum atomic E-state index is 12.8. The van der Waals surface area contributed by atoms with Crippen molar-refractivity contribution in [2.75, 3.05) is 5.32 Å². The molecule has 1 N–H and O–H groups in total. The number of ketones is 1. The van der Waals surface area contributed by atoms with Crippen LogP contribution in [0.4, 0.5) is 5.69 Å². The SMILES string of the molecule is O=C1CCCC2=C1C(c1cccnc1)c1ccc3ncccc3c1N2. The minimum atomic E-state index is -0.0580. The fourth-order valence-electron chi connectivity index (χ4n) is 4.08. The van der Waals surface area contributed by atoms with Crippen molar-refractivity contribution in [3.8, 4) is 0 Å². The van der Waals surface area contributed by atoms with Gasteiger partial charge >= 0.3 is 0 Å². The first kappa shape index (κ1) is 14.3. The van der Waals surface area contributed by atoms with Gasteiger partial charge in [0.15, 0.2) is 5.78 Å². The van der Waals surface area contributed by atoms with Crippen LogP contribution in [0.2, 0.25) is 0 Å². The van der Waals surface area contributed by atoms with E-state index in [-0.39, 0.29) is 11.7 Å². The zero-order chi connectivity index (χ0) is 16.8. The fourth-order valence-corrected chi connectivity index (χ4v) is 4.08. The van der Waals surface area contributed by atoms with Gasteiger partial charge in [-0.05, 0) is 48.2 Å². The molecule has 5 rings (SSSR count). The zero-order valence-electron chi connectivity index (χ0n) is 13.7. The van der Waals surface area contributed by atoms with Crippen LogP contribution in [0, 0.1) is 0 Å². The molecule has 1 unspecified atom stereocenters. The molecular weight excluding hydrogens is 310 g/mol. The molecule has 1 atom stereocenters. The second kappa shape index (κ2) is 5.52. The Kier molecular flexibility index (Phi) is 3.17. The number of allylic oxidation sites excluding steroid dienone is 2. The summed E-state index contributed by atoms with van der Waals surface area (Å²) < 4.78 is 0. The van der Waals surface area contributed by atoms with E-state index in [1.54, 1.807) is 6.20 Å². The van der Waals surface area contributed by atoms with Gasteiger partial charge in [-0.15, -0.1) is 0 Å². The highest BCUT2D eigenvalue weighted by atomic mass is 16.1. The molecule has 1 aliphatic carbocycles. The first-order valence-corrected chi connectivity index (χ1v) is 8.64. The normalized spacial score (nSPS) is 19.4. The summed E-state index contributed by atoms with van der Waals surface area (Å²) in [6.07, 6.45) is 7.90. The lowest BCUT2D eigenvalue weighted by Crippen LogP contribution is -2.27. The third-order valence-electron chi connectivity index (χ3n) is 5.17. The van der Waals surface area contributed by atoms with E-state index in [0.717, 1.165) is 51.8 Å². The second-order valence-corrected chi connectivity index (χ2v) is 6.61. The number of carbonyl (C=O) groups is 1. The molecule has 25 heavy (non-hydrogen) atoms. The van der Waals surface area contributed by atoms with E-state index < -0.39 is 0 Å². The molecular formula is C21H17N3O. The molecule has 4 nitrogen and oxygen atoms in total. The Morgan fingerprint density at radius 1 is 1.04 bits per heavy atom. The lowest BCUT2D eigenvalue weighted by atomic mass is 9.75. The number of nitrogens with zero attached hydrogens (tertiary/aromatic N) is 2. The van der Waals surface area contributed by atoms with E-state index in [2.05, 4.69) is 33.5 Å². The van der Waals surface area contributed by atoms with E-state index in [1.165, 1.54) is 0 Å². The Morgan fingerprint density at radius 2 is 1.96 bits per heavy atom. The summed E-state index contributed by atoms with van der Waals surface area (Å²) in [5.74, 6) is 0.192. The van der Waals surface area contributed by atoms with Gasteiger partial charge in [0.1, 0.15) is 0 Å². The average molecular weight is 327 g/mol. The number of anilines is 1. The Labute approximate surface area is 145 Å². The number of nitrogens with one attached hydrogen (secondary N) is 1. The largest absolute Gasteiger partial charge is 0.358 e. The van der Waals surface area contributed by atoms with Gasteiger partial charge in [-0.1, -0.05) is 12.1 Å². The Balaban J connectivity index is 1.81. The quantitative estimate of drug-likeness (QED) is 0.728.